The van der Waals surface area contributed by atoms with Crippen LogP contribution >= 0.6 is 0 Å². The van der Waals surface area contributed by atoms with Crippen molar-refractivity contribution in [3.8, 4) is 0 Å². The largest absolute Gasteiger partial charge is 0.370 e. The molecule has 0 saturated carbocycles. The van der Waals surface area contributed by atoms with Gasteiger partial charge >= 0.3 is 0 Å². The molecule has 0 aliphatic carbocycles. The minimum Gasteiger partial charge on any atom is -0.370 e. The number of morpholine rings is 1. The second-order valence-electron chi connectivity index (χ2n) is 5.74. The highest BCUT2D eigenvalue weighted by Crippen LogP contribution is 2.21. The van der Waals surface area contributed by atoms with Gasteiger partial charge in [0.15, 0.2) is 5.96 Å². The molecule has 1 aliphatic heterocycles. The van der Waals surface area contributed by atoms with Gasteiger partial charge in [0.2, 0.25) is 0 Å². The van der Waals surface area contributed by atoms with Gasteiger partial charge in [0, 0.05) is 44.5 Å². The number of aromatic nitrogens is 2. The Balaban J connectivity index is 1.64. The molecule has 1 N–H and O–H groups in total. The molecule has 1 saturated heterocycles. The summed E-state index contributed by atoms with van der Waals surface area (Å²) in [5, 5.41) is 7.43. The molecule has 128 valence electrons. The van der Waals surface area contributed by atoms with Crippen molar-refractivity contribution >= 4 is 5.96 Å². The lowest BCUT2D eigenvalue weighted by Crippen LogP contribution is -2.48. The molecule has 0 radical (unpaired) electrons. The fraction of sp³-hybridized carbons (Fsp3) is 0.412. The Bertz CT molecular complexity index is 715. The summed E-state index contributed by atoms with van der Waals surface area (Å²) in [6, 6.07) is 6.75. The second-order valence-corrected chi connectivity index (χ2v) is 5.74. The van der Waals surface area contributed by atoms with Gasteiger partial charge in [-0.3, -0.25) is 9.67 Å². The van der Waals surface area contributed by atoms with Crippen LogP contribution in [0.4, 0.5) is 4.39 Å². The smallest absolute Gasteiger partial charge is 0.194 e. The average Bonchev–Trinajstić information content (AvgIpc) is 3.04. The van der Waals surface area contributed by atoms with Gasteiger partial charge in [0.25, 0.3) is 0 Å². The van der Waals surface area contributed by atoms with Gasteiger partial charge < -0.3 is 15.0 Å². The number of nitrogens with one attached hydrogen (secondary N) is 1. The van der Waals surface area contributed by atoms with Crippen LogP contribution in [0.1, 0.15) is 17.2 Å². The molecule has 3 rings (SSSR count). The first-order chi connectivity index (χ1) is 11.7. The number of hydrogen-bond acceptors (Lipinski definition) is 3. The van der Waals surface area contributed by atoms with E-state index in [1.165, 1.54) is 6.07 Å². The van der Waals surface area contributed by atoms with E-state index in [1.807, 2.05) is 25.5 Å². The third kappa shape index (κ3) is 3.73. The van der Waals surface area contributed by atoms with E-state index in [0.29, 0.717) is 25.3 Å². The number of benzene rings is 1. The Morgan fingerprint density at radius 3 is 3.00 bits per heavy atom. The number of ether oxygens (including phenoxy) is 1. The predicted molar refractivity (Wildman–Crippen MR) is 90.1 cm³/mol. The second kappa shape index (κ2) is 7.44. The Kier molecular flexibility index (Phi) is 5.10. The first-order valence-electron chi connectivity index (χ1n) is 7.96. The van der Waals surface area contributed by atoms with E-state index in [1.54, 1.807) is 23.9 Å². The molecule has 2 aromatic rings. The quantitative estimate of drug-likeness (QED) is 0.687. The molecule has 1 atom stereocenters. The molecule has 24 heavy (non-hydrogen) atoms. The van der Waals surface area contributed by atoms with Gasteiger partial charge in [-0.2, -0.15) is 5.10 Å². The van der Waals surface area contributed by atoms with E-state index in [0.717, 1.165) is 18.1 Å². The number of aryl methyl sites for hydroxylation is 1. The summed E-state index contributed by atoms with van der Waals surface area (Å²) in [7, 11) is 3.62. The van der Waals surface area contributed by atoms with Crippen molar-refractivity contribution in [1.29, 1.82) is 0 Å². The summed E-state index contributed by atoms with van der Waals surface area (Å²) >= 11 is 0. The molecule has 0 spiro atoms. The lowest BCUT2D eigenvalue weighted by atomic mass is 10.1. The van der Waals surface area contributed by atoms with E-state index < -0.39 is 0 Å². The van der Waals surface area contributed by atoms with Crippen LogP contribution in [-0.4, -0.2) is 47.4 Å². The lowest BCUT2D eigenvalue weighted by Gasteiger charge is -2.34. The van der Waals surface area contributed by atoms with Gasteiger partial charge in [-0.25, -0.2) is 4.39 Å². The van der Waals surface area contributed by atoms with Crippen LogP contribution < -0.4 is 5.32 Å². The van der Waals surface area contributed by atoms with Crippen molar-refractivity contribution in [2.75, 3.05) is 26.7 Å². The van der Waals surface area contributed by atoms with Crippen molar-refractivity contribution in [3.63, 3.8) is 0 Å². The van der Waals surface area contributed by atoms with Crippen LogP contribution in [-0.2, 0) is 18.3 Å². The fourth-order valence-electron chi connectivity index (χ4n) is 2.80. The Labute approximate surface area is 140 Å². The Hall–Kier alpha value is -2.41. The summed E-state index contributed by atoms with van der Waals surface area (Å²) in [6.45, 7) is 2.44. The molecule has 2 heterocycles. The topological polar surface area (TPSA) is 54.7 Å². The number of hydrogen-bond donors (Lipinski definition) is 1. The highest BCUT2D eigenvalue weighted by Gasteiger charge is 2.25. The standard InChI is InChI=1S/C17H22FN5O/c1-19-17(20-9-13-5-3-4-6-15(13)18)23-7-8-24-16(12-23)14-10-21-22(2)11-14/h3-6,10-11,16H,7-9,12H2,1-2H3,(H,19,20). The first-order valence-corrected chi connectivity index (χ1v) is 7.96. The predicted octanol–water partition coefficient (Wildman–Crippen LogP) is 1.71. The van der Waals surface area contributed by atoms with E-state index in [4.69, 9.17) is 4.74 Å². The maximum atomic E-state index is 13.7. The molecule has 6 nitrogen and oxygen atoms in total. The molecule has 1 unspecified atom stereocenters. The van der Waals surface area contributed by atoms with Gasteiger partial charge in [0.1, 0.15) is 11.9 Å². The van der Waals surface area contributed by atoms with E-state index in [9.17, 15) is 4.39 Å². The first kappa shape index (κ1) is 16.4. The summed E-state index contributed by atoms with van der Waals surface area (Å²) in [4.78, 5) is 6.45. The summed E-state index contributed by atoms with van der Waals surface area (Å²) in [5.74, 6) is 0.533. The molecule has 1 aromatic carbocycles. The monoisotopic (exact) mass is 331 g/mol. The van der Waals surface area contributed by atoms with E-state index >= 15 is 0 Å². The number of aliphatic imine (C=N–C) groups is 1. The zero-order valence-corrected chi connectivity index (χ0v) is 13.9. The molecule has 7 heteroatoms. The van der Waals surface area contributed by atoms with Crippen LogP contribution in [0.5, 0.6) is 0 Å². The highest BCUT2D eigenvalue weighted by molar-refractivity contribution is 5.80. The van der Waals surface area contributed by atoms with Crippen LogP contribution in [0.2, 0.25) is 0 Å². The van der Waals surface area contributed by atoms with E-state index in [2.05, 4.69) is 20.3 Å². The van der Waals surface area contributed by atoms with Gasteiger partial charge in [-0.1, -0.05) is 18.2 Å². The number of nitrogens with zero attached hydrogens (tertiary/aromatic N) is 4. The number of halogens is 1. The van der Waals surface area contributed by atoms with Crippen LogP contribution in [0.3, 0.4) is 0 Å². The van der Waals surface area contributed by atoms with Gasteiger partial charge in [0.05, 0.1) is 19.3 Å². The Morgan fingerprint density at radius 1 is 1.46 bits per heavy atom. The van der Waals surface area contributed by atoms with Crippen LogP contribution in [0, 0.1) is 5.82 Å². The molecular formula is C17H22FN5O. The zero-order valence-electron chi connectivity index (χ0n) is 13.9. The van der Waals surface area contributed by atoms with Crippen molar-refractivity contribution in [3.05, 3.63) is 53.6 Å². The minimum absolute atomic E-state index is 0.0422. The summed E-state index contributed by atoms with van der Waals surface area (Å²) < 4.78 is 21.4. The van der Waals surface area contributed by atoms with Gasteiger partial charge in [-0.15, -0.1) is 0 Å². The normalized spacial score (nSPS) is 18.7. The molecule has 1 fully saturated rings. The van der Waals surface area contributed by atoms with Crippen molar-refractivity contribution < 1.29 is 9.13 Å². The SMILES string of the molecule is CN=C(NCc1ccccc1F)N1CCOC(c2cnn(C)c2)C1. The summed E-state index contributed by atoms with van der Waals surface area (Å²) in [6.07, 6.45) is 3.74. The minimum atomic E-state index is -0.212. The lowest BCUT2D eigenvalue weighted by molar-refractivity contribution is -0.00805. The molecular weight excluding hydrogens is 309 g/mol. The summed E-state index contributed by atoms with van der Waals surface area (Å²) in [5.41, 5.74) is 1.67. The highest BCUT2D eigenvalue weighted by atomic mass is 19.1. The van der Waals surface area contributed by atoms with Crippen LogP contribution in [0.25, 0.3) is 0 Å². The Morgan fingerprint density at radius 2 is 2.29 bits per heavy atom. The van der Waals surface area contributed by atoms with Crippen molar-refractivity contribution in [2.45, 2.75) is 12.6 Å². The maximum Gasteiger partial charge on any atom is 0.194 e. The molecule has 0 bridgehead atoms. The number of guanidine groups is 1. The third-order valence-electron chi connectivity index (χ3n) is 4.07. The molecule has 1 aliphatic rings. The van der Waals surface area contributed by atoms with E-state index in [-0.39, 0.29) is 11.9 Å². The third-order valence-corrected chi connectivity index (χ3v) is 4.07. The van der Waals surface area contributed by atoms with Crippen LogP contribution in [0.15, 0.2) is 41.7 Å². The fourth-order valence-corrected chi connectivity index (χ4v) is 2.80. The maximum absolute atomic E-state index is 13.7. The van der Waals surface area contributed by atoms with Gasteiger partial charge in [-0.05, 0) is 6.07 Å². The number of rotatable bonds is 3. The van der Waals surface area contributed by atoms with Crippen molar-refractivity contribution in [2.24, 2.45) is 12.0 Å². The molecule has 1 aromatic heterocycles. The zero-order chi connectivity index (χ0) is 16.9. The van der Waals surface area contributed by atoms with Crippen molar-refractivity contribution in [1.82, 2.24) is 20.0 Å². The molecule has 0 amide bonds. The average molecular weight is 331 g/mol.